The van der Waals surface area contributed by atoms with E-state index in [4.69, 9.17) is 25.8 Å². The molecule has 6 nitrogen and oxygen atoms in total. The Balaban J connectivity index is 1.41. The number of benzene rings is 1. The van der Waals surface area contributed by atoms with Crippen molar-refractivity contribution in [2.24, 2.45) is 5.92 Å². The Labute approximate surface area is 164 Å². The molecular weight excluding hydrogens is 370 g/mol. The monoisotopic (exact) mass is 395 g/mol. The molecule has 1 N–H and O–H groups in total. The number of hydrogen-bond donors (Lipinski definition) is 1. The Kier molecular flexibility index (Phi) is 5.23. The topological polar surface area (TPSA) is 68.2 Å². The van der Waals surface area contributed by atoms with E-state index in [2.05, 4.69) is 4.90 Å². The summed E-state index contributed by atoms with van der Waals surface area (Å²) in [4.78, 5) is 14.0. The maximum atomic E-state index is 11.5. The molecule has 1 aliphatic carbocycles. The molecule has 1 saturated carbocycles. The molecule has 1 saturated heterocycles. The van der Waals surface area contributed by atoms with E-state index in [-0.39, 0.29) is 11.7 Å². The van der Waals surface area contributed by atoms with E-state index in [0.29, 0.717) is 46.8 Å². The zero-order valence-electron chi connectivity index (χ0n) is 15.7. The van der Waals surface area contributed by atoms with E-state index in [0.717, 1.165) is 38.8 Å². The molecule has 1 atom stereocenters. The summed E-state index contributed by atoms with van der Waals surface area (Å²) in [5.41, 5.74) is 0.740. The number of carboxylic acids is 1. The minimum absolute atomic E-state index is 0.0552. The fourth-order valence-corrected chi connectivity index (χ4v) is 4.79. The molecule has 148 valence electrons. The lowest BCUT2D eigenvalue weighted by atomic mass is 9.81. The molecule has 4 rings (SSSR count). The Morgan fingerprint density at radius 2 is 1.96 bits per heavy atom. The van der Waals surface area contributed by atoms with Crippen molar-refractivity contribution in [3.05, 3.63) is 22.2 Å². The maximum absolute atomic E-state index is 11.5. The molecule has 0 radical (unpaired) electrons. The van der Waals surface area contributed by atoms with Gasteiger partial charge in [0.2, 0.25) is 0 Å². The molecule has 1 aromatic rings. The first-order valence-electron chi connectivity index (χ1n) is 9.60. The standard InChI is InChI=1S/C20H26ClNO5/c1-11-15(20(23)24)7-16(21)19-18(11)27-17(10-26-19)12-3-5-13(6-4-12)22-8-14(9-22)25-2/h7,12-14,17H,3-6,8-10H2,1-2H3,(H,23,24)/t12?,13?,17-/m1/s1. The van der Waals surface area contributed by atoms with Crippen molar-refractivity contribution in [3.8, 4) is 11.5 Å². The molecule has 7 heteroatoms. The zero-order chi connectivity index (χ0) is 19.1. The fourth-order valence-electron chi connectivity index (χ4n) is 4.54. The van der Waals surface area contributed by atoms with E-state index in [1.807, 2.05) is 0 Å². The summed E-state index contributed by atoms with van der Waals surface area (Å²) >= 11 is 6.21. The van der Waals surface area contributed by atoms with Gasteiger partial charge < -0.3 is 19.3 Å². The smallest absolute Gasteiger partial charge is 0.336 e. The fraction of sp³-hybridized carbons (Fsp3) is 0.650. The lowest BCUT2D eigenvalue weighted by Gasteiger charge is -2.46. The first-order chi connectivity index (χ1) is 13.0. The molecule has 0 unspecified atom stereocenters. The van der Waals surface area contributed by atoms with Crippen molar-refractivity contribution in [1.29, 1.82) is 0 Å². The summed E-state index contributed by atoms with van der Waals surface area (Å²) in [6.45, 7) is 4.29. The molecule has 2 aliphatic heterocycles. The van der Waals surface area contributed by atoms with Crippen LogP contribution in [0.15, 0.2) is 6.07 Å². The highest BCUT2D eigenvalue weighted by atomic mass is 35.5. The largest absolute Gasteiger partial charge is 0.484 e. The van der Waals surface area contributed by atoms with Crippen LogP contribution in [-0.4, -0.2) is 61.0 Å². The van der Waals surface area contributed by atoms with Gasteiger partial charge in [-0.1, -0.05) is 11.6 Å². The van der Waals surface area contributed by atoms with Crippen LogP contribution in [-0.2, 0) is 4.74 Å². The predicted octanol–water partition coefficient (Wildman–Crippen LogP) is 3.38. The summed E-state index contributed by atoms with van der Waals surface area (Å²) in [6, 6.07) is 2.08. The van der Waals surface area contributed by atoms with Gasteiger partial charge in [0, 0.05) is 31.8 Å². The molecule has 0 bridgehead atoms. The summed E-state index contributed by atoms with van der Waals surface area (Å²) in [5.74, 6) is 0.368. The van der Waals surface area contributed by atoms with Gasteiger partial charge in [0.05, 0.1) is 16.7 Å². The van der Waals surface area contributed by atoms with Gasteiger partial charge >= 0.3 is 5.97 Å². The lowest BCUT2D eigenvalue weighted by molar-refractivity contribution is -0.0649. The predicted molar refractivity (Wildman–Crippen MR) is 101 cm³/mol. The number of fused-ring (bicyclic) bond motifs is 1. The second kappa shape index (κ2) is 7.49. The van der Waals surface area contributed by atoms with Crippen molar-refractivity contribution >= 4 is 17.6 Å². The second-order valence-electron chi connectivity index (χ2n) is 7.84. The minimum atomic E-state index is -1.01. The van der Waals surface area contributed by atoms with E-state index >= 15 is 0 Å². The molecule has 0 amide bonds. The van der Waals surface area contributed by atoms with Crippen LogP contribution in [0.3, 0.4) is 0 Å². The number of hydrogen-bond acceptors (Lipinski definition) is 5. The number of nitrogens with zero attached hydrogens (tertiary/aromatic N) is 1. The van der Waals surface area contributed by atoms with Crippen molar-refractivity contribution in [3.63, 3.8) is 0 Å². The van der Waals surface area contributed by atoms with Crippen LogP contribution in [0.5, 0.6) is 11.5 Å². The van der Waals surface area contributed by atoms with Crippen molar-refractivity contribution < 1.29 is 24.1 Å². The number of carboxylic acid groups (broad SMARTS) is 1. The van der Waals surface area contributed by atoms with Gasteiger partial charge in [-0.3, -0.25) is 4.90 Å². The van der Waals surface area contributed by atoms with Crippen LogP contribution >= 0.6 is 11.6 Å². The van der Waals surface area contributed by atoms with E-state index in [1.165, 1.54) is 6.07 Å². The first kappa shape index (κ1) is 18.8. The Morgan fingerprint density at radius 3 is 2.59 bits per heavy atom. The normalized spacial score (nSPS) is 28.6. The van der Waals surface area contributed by atoms with Crippen molar-refractivity contribution in [1.82, 2.24) is 4.90 Å². The molecule has 0 aromatic heterocycles. The third-order valence-corrected chi connectivity index (χ3v) is 6.60. The Hall–Kier alpha value is -1.50. The van der Waals surface area contributed by atoms with E-state index in [1.54, 1.807) is 14.0 Å². The van der Waals surface area contributed by atoms with Crippen molar-refractivity contribution in [2.75, 3.05) is 26.8 Å². The first-order valence-corrected chi connectivity index (χ1v) is 9.98. The summed E-state index contributed by atoms with van der Waals surface area (Å²) < 4.78 is 17.5. The number of ether oxygens (including phenoxy) is 3. The number of rotatable bonds is 4. The van der Waals surface area contributed by atoms with E-state index in [9.17, 15) is 9.90 Å². The van der Waals surface area contributed by atoms with Gasteiger partial charge in [-0.2, -0.15) is 0 Å². The molecule has 27 heavy (non-hydrogen) atoms. The number of methoxy groups -OCH3 is 1. The average Bonchev–Trinajstić information content (AvgIpc) is 2.64. The minimum Gasteiger partial charge on any atom is -0.484 e. The van der Waals surface area contributed by atoms with Crippen LogP contribution in [0.25, 0.3) is 0 Å². The third-order valence-electron chi connectivity index (χ3n) is 6.32. The second-order valence-corrected chi connectivity index (χ2v) is 8.25. The third kappa shape index (κ3) is 3.50. The molecule has 0 spiro atoms. The van der Waals surface area contributed by atoms with Crippen LogP contribution < -0.4 is 9.47 Å². The van der Waals surface area contributed by atoms with Gasteiger partial charge in [0.25, 0.3) is 0 Å². The molecular formula is C20H26ClNO5. The quantitative estimate of drug-likeness (QED) is 0.842. The highest BCUT2D eigenvalue weighted by molar-refractivity contribution is 6.32. The number of likely N-dealkylation sites (tertiary alicyclic amines) is 1. The zero-order valence-corrected chi connectivity index (χ0v) is 16.5. The van der Waals surface area contributed by atoms with Crippen molar-refractivity contribution in [2.45, 2.75) is 50.9 Å². The molecule has 3 aliphatic rings. The van der Waals surface area contributed by atoms with Crippen LogP contribution in [0.4, 0.5) is 0 Å². The SMILES string of the molecule is COC1CN(C2CCC([C@H]3COc4c(Cl)cc(C(=O)O)c(C)c4O3)CC2)C1. The average molecular weight is 396 g/mol. The Bertz CT molecular complexity index is 726. The molecule has 1 aromatic carbocycles. The van der Waals surface area contributed by atoms with E-state index < -0.39 is 5.97 Å². The van der Waals surface area contributed by atoms with Gasteiger partial charge in [-0.15, -0.1) is 0 Å². The lowest BCUT2D eigenvalue weighted by Crippen LogP contribution is -2.57. The van der Waals surface area contributed by atoms with Gasteiger partial charge in [-0.05, 0) is 44.6 Å². The molecule has 2 heterocycles. The van der Waals surface area contributed by atoms with Gasteiger partial charge in [0.15, 0.2) is 11.5 Å². The summed E-state index contributed by atoms with van der Waals surface area (Å²) in [7, 11) is 1.78. The Morgan fingerprint density at radius 1 is 1.26 bits per heavy atom. The van der Waals surface area contributed by atoms with Crippen LogP contribution in [0.1, 0.15) is 41.6 Å². The van der Waals surface area contributed by atoms with Crippen LogP contribution in [0, 0.1) is 12.8 Å². The highest BCUT2D eigenvalue weighted by Gasteiger charge is 2.38. The summed E-state index contributed by atoms with van der Waals surface area (Å²) in [5, 5.41) is 9.68. The highest BCUT2D eigenvalue weighted by Crippen LogP contribution is 2.45. The maximum Gasteiger partial charge on any atom is 0.336 e. The van der Waals surface area contributed by atoms with Gasteiger partial charge in [-0.25, -0.2) is 4.79 Å². The number of aromatic carboxylic acids is 1. The number of halogens is 1. The molecule has 2 fully saturated rings. The number of carbonyl (C=O) groups is 1. The summed E-state index contributed by atoms with van der Waals surface area (Å²) in [6.07, 6.45) is 4.83. The van der Waals surface area contributed by atoms with Crippen LogP contribution in [0.2, 0.25) is 5.02 Å². The van der Waals surface area contributed by atoms with Gasteiger partial charge in [0.1, 0.15) is 12.7 Å².